The normalized spacial score (nSPS) is 11.3. The van der Waals surface area contributed by atoms with E-state index in [4.69, 9.17) is 9.47 Å². The first-order valence-electron chi connectivity index (χ1n) is 9.98. The third-order valence-electron chi connectivity index (χ3n) is 4.59. The van der Waals surface area contributed by atoms with Crippen molar-refractivity contribution in [2.24, 2.45) is 0 Å². The zero-order chi connectivity index (χ0) is 22.1. The number of para-hydroxylation sites is 1. The zero-order valence-electron chi connectivity index (χ0n) is 17.5. The standard InChI is InChI=1S/C24H25N3O4/c1-3-22(31-19-10-6-9-18(14-19)30-2)24(29)27-21-12-5-4-11-20(21)23(28)26-16-17-8-7-13-25-15-17/h4-15,22H,3,16H2,1-2H3,(H,26,28)(H,27,29)/t22-/m0/s1. The molecular formula is C24H25N3O4. The number of rotatable bonds is 9. The molecule has 0 spiro atoms. The van der Waals surface area contributed by atoms with Crippen molar-refractivity contribution < 1.29 is 19.1 Å². The van der Waals surface area contributed by atoms with Gasteiger partial charge in [0.05, 0.1) is 18.4 Å². The van der Waals surface area contributed by atoms with E-state index in [1.165, 1.54) is 0 Å². The zero-order valence-corrected chi connectivity index (χ0v) is 17.5. The highest BCUT2D eigenvalue weighted by molar-refractivity contribution is 6.04. The van der Waals surface area contributed by atoms with E-state index in [9.17, 15) is 9.59 Å². The van der Waals surface area contributed by atoms with Gasteiger partial charge < -0.3 is 20.1 Å². The molecule has 1 aromatic heterocycles. The van der Waals surface area contributed by atoms with Crippen molar-refractivity contribution in [1.82, 2.24) is 10.3 Å². The molecule has 0 radical (unpaired) electrons. The van der Waals surface area contributed by atoms with Gasteiger partial charge in [0.1, 0.15) is 11.5 Å². The maximum atomic E-state index is 12.8. The number of hydrogen-bond donors (Lipinski definition) is 2. The summed E-state index contributed by atoms with van der Waals surface area (Å²) in [6.07, 6.45) is 3.10. The largest absolute Gasteiger partial charge is 0.497 e. The third kappa shape index (κ3) is 6.05. The van der Waals surface area contributed by atoms with Gasteiger partial charge in [-0.25, -0.2) is 0 Å². The fraction of sp³-hybridized carbons (Fsp3) is 0.208. The number of nitrogens with zero attached hydrogens (tertiary/aromatic N) is 1. The van der Waals surface area contributed by atoms with Gasteiger partial charge in [0.2, 0.25) is 0 Å². The second kappa shape index (κ2) is 10.8. The van der Waals surface area contributed by atoms with Crippen LogP contribution in [0.4, 0.5) is 5.69 Å². The van der Waals surface area contributed by atoms with Crippen molar-refractivity contribution in [1.29, 1.82) is 0 Å². The van der Waals surface area contributed by atoms with Crippen LogP contribution in [0, 0.1) is 0 Å². The molecule has 0 aliphatic rings. The van der Waals surface area contributed by atoms with Gasteiger partial charge in [-0.1, -0.05) is 31.2 Å². The van der Waals surface area contributed by atoms with Crippen molar-refractivity contribution in [2.75, 3.05) is 12.4 Å². The second-order valence-electron chi connectivity index (χ2n) is 6.77. The number of nitrogens with one attached hydrogen (secondary N) is 2. The molecule has 0 saturated heterocycles. The molecule has 0 bridgehead atoms. The molecule has 0 aliphatic heterocycles. The molecule has 0 unspecified atom stereocenters. The molecule has 160 valence electrons. The smallest absolute Gasteiger partial charge is 0.265 e. The van der Waals surface area contributed by atoms with Crippen molar-refractivity contribution in [3.05, 3.63) is 84.2 Å². The number of pyridine rings is 1. The van der Waals surface area contributed by atoms with Crippen LogP contribution in [0.5, 0.6) is 11.5 Å². The van der Waals surface area contributed by atoms with E-state index < -0.39 is 6.10 Å². The molecular weight excluding hydrogens is 394 g/mol. The van der Waals surface area contributed by atoms with E-state index in [0.29, 0.717) is 35.7 Å². The Morgan fingerprint density at radius 3 is 2.58 bits per heavy atom. The monoisotopic (exact) mass is 419 g/mol. The summed E-state index contributed by atoms with van der Waals surface area (Å²) in [5.41, 5.74) is 1.68. The summed E-state index contributed by atoms with van der Waals surface area (Å²) in [6, 6.07) is 17.6. The molecule has 3 aromatic rings. The Labute approximate surface area is 181 Å². The number of carbonyl (C=O) groups is 2. The predicted octanol–water partition coefficient (Wildman–Crippen LogP) is 3.82. The summed E-state index contributed by atoms with van der Waals surface area (Å²) in [5.74, 6) is 0.548. The molecule has 7 nitrogen and oxygen atoms in total. The fourth-order valence-corrected chi connectivity index (χ4v) is 2.94. The van der Waals surface area contributed by atoms with E-state index in [-0.39, 0.29) is 11.8 Å². The lowest BCUT2D eigenvalue weighted by molar-refractivity contribution is -0.122. The lowest BCUT2D eigenvalue weighted by Gasteiger charge is -2.19. The minimum Gasteiger partial charge on any atom is -0.497 e. The maximum absolute atomic E-state index is 12.8. The molecule has 0 saturated carbocycles. The van der Waals surface area contributed by atoms with Gasteiger partial charge in [-0.3, -0.25) is 14.6 Å². The van der Waals surface area contributed by atoms with Gasteiger partial charge in [-0.05, 0) is 42.3 Å². The molecule has 2 N–H and O–H groups in total. The molecule has 2 aromatic carbocycles. The van der Waals surface area contributed by atoms with Crippen molar-refractivity contribution in [3.63, 3.8) is 0 Å². The summed E-state index contributed by atoms with van der Waals surface area (Å²) in [4.78, 5) is 29.6. The van der Waals surface area contributed by atoms with Crippen LogP contribution in [-0.4, -0.2) is 30.0 Å². The first kappa shape index (κ1) is 21.8. The predicted molar refractivity (Wildman–Crippen MR) is 118 cm³/mol. The molecule has 3 rings (SSSR count). The fourth-order valence-electron chi connectivity index (χ4n) is 2.94. The van der Waals surface area contributed by atoms with Crippen LogP contribution in [0.25, 0.3) is 0 Å². The van der Waals surface area contributed by atoms with Gasteiger partial charge >= 0.3 is 0 Å². The van der Waals surface area contributed by atoms with Crippen LogP contribution in [0.1, 0.15) is 29.3 Å². The average molecular weight is 419 g/mol. The Kier molecular flexibility index (Phi) is 7.59. The molecule has 0 fully saturated rings. The molecule has 1 atom stereocenters. The van der Waals surface area contributed by atoms with Gasteiger partial charge in [0.25, 0.3) is 11.8 Å². The lowest BCUT2D eigenvalue weighted by Crippen LogP contribution is -2.33. The van der Waals surface area contributed by atoms with Crippen LogP contribution in [0.15, 0.2) is 73.1 Å². The first-order valence-corrected chi connectivity index (χ1v) is 9.98. The third-order valence-corrected chi connectivity index (χ3v) is 4.59. The van der Waals surface area contributed by atoms with E-state index in [0.717, 1.165) is 5.56 Å². The maximum Gasteiger partial charge on any atom is 0.265 e. The van der Waals surface area contributed by atoms with Crippen LogP contribution in [0.3, 0.4) is 0 Å². The SMILES string of the molecule is CC[C@H](Oc1cccc(OC)c1)C(=O)Nc1ccccc1C(=O)NCc1cccnc1. The molecule has 31 heavy (non-hydrogen) atoms. The summed E-state index contributed by atoms with van der Waals surface area (Å²) in [6.45, 7) is 2.20. The van der Waals surface area contributed by atoms with Crippen LogP contribution < -0.4 is 20.1 Å². The van der Waals surface area contributed by atoms with Crippen LogP contribution in [-0.2, 0) is 11.3 Å². The Hall–Kier alpha value is -3.87. The highest BCUT2D eigenvalue weighted by Crippen LogP contribution is 2.22. The summed E-state index contributed by atoms with van der Waals surface area (Å²) in [5, 5.41) is 5.67. The Morgan fingerprint density at radius 2 is 1.84 bits per heavy atom. The highest BCUT2D eigenvalue weighted by Gasteiger charge is 2.21. The minimum absolute atomic E-state index is 0.290. The van der Waals surface area contributed by atoms with Gasteiger partial charge in [-0.15, -0.1) is 0 Å². The van der Waals surface area contributed by atoms with Gasteiger partial charge in [0, 0.05) is 25.0 Å². The minimum atomic E-state index is -0.724. The van der Waals surface area contributed by atoms with Crippen molar-refractivity contribution >= 4 is 17.5 Å². The van der Waals surface area contributed by atoms with E-state index in [2.05, 4.69) is 15.6 Å². The number of amides is 2. The number of methoxy groups -OCH3 is 1. The van der Waals surface area contributed by atoms with E-state index in [1.807, 2.05) is 19.1 Å². The van der Waals surface area contributed by atoms with Crippen LogP contribution in [0.2, 0.25) is 0 Å². The van der Waals surface area contributed by atoms with Crippen molar-refractivity contribution in [2.45, 2.75) is 26.0 Å². The number of hydrogen-bond acceptors (Lipinski definition) is 5. The molecule has 1 heterocycles. The Bertz CT molecular complexity index is 1020. The van der Waals surface area contributed by atoms with E-state index >= 15 is 0 Å². The Balaban J connectivity index is 1.68. The Morgan fingerprint density at radius 1 is 1.03 bits per heavy atom. The van der Waals surface area contributed by atoms with Crippen molar-refractivity contribution in [3.8, 4) is 11.5 Å². The molecule has 7 heteroatoms. The topological polar surface area (TPSA) is 89.5 Å². The van der Waals surface area contributed by atoms with Gasteiger partial charge in [0.15, 0.2) is 6.10 Å². The first-order chi connectivity index (χ1) is 15.1. The molecule has 0 aliphatic carbocycles. The number of anilines is 1. The summed E-state index contributed by atoms with van der Waals surface area (Å²) < 4.78 is 11.0. The quantitative estimate of drug-likeness (QED) is 0.550. The lowest BCUT2D eigenvalue weighted by atomic mass is 10.1. The average Bonchev–Trinajstić information content (AvgIpc) is 2.82. The number of aromatic nitrogens is 1. The highest BCUT2D eigenvalue weighted by atomic mass is 16.5. The second-order valence-corrected chi connectivity index (χ2v) is 6.77. The van der Waals surface area contributed by atoms with Gasteiger partial charge in [-0.2, -0.15) is 0 Å². The summed E-state index contributed by atoms with van der Waals surface area (Å²) in [7, 11) is 1.57. The van der Waals surface area contributed by atoms with E-state index in [1.54, 1.807) is 68.0 Å². The number of carbonyl (C=O) groups excluding carboxylic acids is 2. The molecule has 2 amide bonds. The number of ether oxygens (including phenoxy) is 2. The van der Waals surface area contributed by atoms with Crippen LogP contribution >= 0.6 is 0 Å². The summed E-state index contributed by atoms with van der Waals surface area (Å²) >= 11 is 0. The number of benzene rings is 2.